The van der Waals surface area contributed by atoms with Gasteiger partial charge in [-0.2, -0.15) is 0 Å². The second-order valence-electron chi connectivity index (χ2n) is 6.55. The lowest BCUT2D eigenvalue weighted by atomic mass is 9.97. The molecule has 126 valence electrons. The van der Waals surface area contributed by atoms with Crippen LogP contribution in [0.25, 0.3) is 11.1 Å². The highest BCUT2D eigenvalue weighted by Crippen LogP contribution is 2.35. The fraction of sp³-hybridized carbons (Fsp3) is 0.217. The number of fused-ring (bicyclic) bond motifs is 1. The zero-order valence-electron chi connectivity index (χ0n) is 14.5. The minimum Gasteiger partial charge on any atom is -0.493 e. The molecule has 0 saturated heterocycles. The molecule has 0 aliphatic carbocycles. The first-order chi connectivity index (χ1) is 12.3. The topological polar surface area (TPSA) is 18.5 Å². The quantitative estimate of drug-likeness (QED) is 0.623. The first-order valence-electron chi connectivity index (χ1n) is 8.83. The molecule has 3 aromatic rings. The van der Waals surface area contributed by atoms with Gasteiger partial charge in [-0.15, -0.1) is 0 Å². The Kier molecular flexibility index (Phi) is 4.43. The van der Waals surface area contributed by atoms with Gasteiger partial charge in [-0.1, -0.05) is 48.0 Å². The number of hydrogen-bond acceptors (Lipinski definition) is 2. The van der Waals surface area contributed by atoms with Crippen molar-refractivity contribution in [2.75, 3.05) is 6.61 Å². The summed E-state index contributed by atoms with van der Waals surface area (Å²) in [6.45, 7) is 3.51. The van der Waals surface area contributed by atoms with E-state index in [1.165, 1.54) is 22.3 Å². The van der Waals surface area contributed by atoms with Crippen molar-refractivity contribution >= 4 is 0 Å². The minimum absolute atomic E-state index is 0.574. The van der Waals surface area contributed by atoms with Crippen LogP contribution in [-0.2, 0) is 13.0 Å². The van der Waals surface area contributed by atoms with Crippen LogP contribution in [0.1, 0.15) is 23.1 Å². The molecule has 0 bridgehead atoms. The summed E-state index contributed by atoms with van der Waals surface area (Å²) in [5.41, 5.74) is 6.03. The Bertz CT molecular complexity index is 869. The third-order valence-electron chi connectivity index (χ3n) is 4.59. The maximum Gasteiger partial charge on any atom is 0.127 e. The zero-order valence-corrected chi connectivity index (χ0v) is 14.5. The van der Waals surface area contributed by atoms with Crippen molar-refractivity contribution in [2.45, 2.75) is 26.4 Å². The number of hydrogen-bond donors (Lipinski definition) is 0. The molecular weight excluding hydrogens is 308 g/mol. The van der Waals surface area contributed by atoms with E-state index in [1.807, 2.05) is 18.2 Å². The van der Waals surface area contributed by atoms with Crippen molar-refractivity contribution in [3.63, 3.8) is 0 Å². The number of rotatable bonds is 4. The van der Waals surface area contributed by atoms with Crippen LogP contribution in [-0.4, -0.2) is 6.61 Å². The SMILES string of the molecule is Cc1ccc(OCc2ccccc2)c(-c2ccc3c(c2)CCCO3)c1. The highest BCUT2D eigenvalue weighted by Gasteiger charge is 2.14. The first kappa shape index (κ1) is 15.8. The van der Waals surface area contributed by atoms with E-state index in [9.17, 15) is 0 Å². The molecule has 0 atom stereocenters. The molecule has 0 fully saturated rings. The summed E-state index contributed by atoms with van der Waals surface area (Å²) in [6.07, 6.45) is 2.16. The van der Waals surface area contributed by atoms with Crippen LogP contribution in [0, 0.1) is 6.92 Å². The molecule has 0 radical (unpaired) electrons. The standard InChI is InChI=1S/C23H22O2/c1-17-9-11-23(25-16-18-6-3-2-4-7-18)21(14-17)19-10-12-22-20(15-19)8-5-13-24-22/h2-4,6-7,9-12,14-15H,5,8,13,16H2,1H3. The average molecular weight is 330 g/mol. The Morgan fingerprint density at radius 2 is 1.84 bits per heavy atom. The second kappa shape index (κ2) is 7.02. The largest absolute Gasteiger partial charge is 0.493 e. The van der Waals surface area contributed by atoms with Crippen molar-refractivity contribution in [1.82, 2.24) is 0 Å². The van der Waals surface area contributed by atoms with E-state index in [0.717, 1.165) is 36.5 Å². The summed E-state index contributed by atoms with van der Waals surface area (Å²) in [6, 6.07) is 23.1. The lowest BCUT2D eigenvalue weighted by molar-refractivity contribution is 0.288. The summed E-state index contributed by atoms with van der Waals surface area (Å²) in [7, 11) is 0. The fourth-order valence-corrected chi connectivity index (χ4v) is 3.26. The molecule has 0 N–H and O–H groups in total. The molecule has 1 heterocycles. The Morgan fingerprint density at radius 1 is 0.960 bits per heavy atom. The predicted octanol–water partition coefficient (Wildman–Crippen LogP) is 5.57. The van der Waals surface area contributed by atoms with Gasteiger partial charge >= 0.3 is 0 Å². The van der Waals surface area contributed by atoms with Crippen LogP contribution >= 0.6 is 0 Å². The monoisotopic (exact) mass is 330 g/mol. The third kappa shape index (κ3) is 3.53. The minimum atomic E-state index is 0.574. The fourth-order valence-electron chi connectivity index (χ4n) is 3.26. The molecule has 2 nitrogen and oxygen atoms in total. The van der Waals surface area contributed by atoms with E-state index >= 15 is 0 Å². The molecule has 3 aromatic carbocycles. The highest BCUT2D eigenvalue weighted by molar-refractivity contribution is 5.72. The van der Waals surface area contributed by atoms with E-state index in [2.05, 4.69) is 55.5 Å². The van der Waals surface area contributed by atoms with Crippen LogP contribution in [0.5, 0.6) is 11.5 Å². The van der Waals surface area contributed by atoms with Crippen LogP contribution in [0.3, 0.4) is 0 Å². The molecular formula is C23H22O2. The first-order valence-corrected chi connectivity index (χ1v) is 8.83. The van der Waals surface area contributed by atoms with Crippen LogP contribution in [0.15, 0.2) is 66.7 Å². The summed E-state index contributed by atoms with van der Waals surface area (Å²) < 4.78 is 11.9. The van der Waals surface area contributed by atoms with Gasteiger partial charge in [-0.3, -0.25) is 0 Å². The predicted molar refractivity (Wildman–Crippen MR) is 101 cm³/mol. The number of benzene rings is 3. The van der Waals surface area contributed by atoms with Gasteiger partial charge in [0.05, 0.1) is 6.61 Å². The van der Waals surface area contributed by atoms with Gasteiger partial charge in [0.1, 0.15) is 18.1 Å². The van der Waals surface area contributed by atoms with Gasteiger partial charge in [-0.25, -0.2) is 0 Å². The molecule has 0 spiro atoms. The summed E-state index contributed by atoms with van der Waals surface area (Å²) in [5, 5.41) is 0. The lowest BCUT2D eigenvalue weighted by Gasteiger charge is -2.19. The van der Waals surface area contributed by atoms with Crippen molar-refractivity contribution in [3.8, 4) is 22.6 Å². The van der Waals surface area contributed by atoms with Gasteiger partial charge < -0.3 is 9.47 Å². The molecule has 1 aliphatic heterocycles. The van der Waals surface area contributed by atoms with Crippen molar-refractivity contribution in [1.29, 1.82) is 0 Å². The number of aryl methyl sites for hydroxylation is 2. The van der Waals surface area contributed by atoms with Crippen LogP contribution in [0.4, 0.5) is 0 Å². The molecule has 0 amide bonds. The Hall–Kier alpha value is -2.74. The van der Waals surface area contributed by atoms with Crippen LogP contribution < -0.4 is 9.47 Å². The Morgan fingerprint density at radius 3 is 2.72 bits per heavy atom. The van der Waals surface area contributed by atoms with Gasteiger partial charge in [-0.05, 0) is 60.7 Å². The average Bonchev–Trinajstić information content (AvgIpc) is 2.67. The van der Waals surface area contributed by atoms with Gasteiger partial charge in [0, 0.05) is 5.56 Å². The van der Waals surface area contributed by atoms with E-state index in [0.29, 0.717) is 6.61 Å². The molecule has 25 heavy (non-hydrogen) atoms. The Balaban J connectivity index is 1.65. The smallest absolute Gasteiger partial charge is 0.127 e. The molecule has 0 saturated carbocycles. The van der Waals surface area contributed by atoms with Gasteiger partial charge in [0.2, 0.25) is 0 Å². The highest BCUT2D eigenvalue weighted by atomic mass is 16.5. The van der Waals surface area contributed by atoms with Gasteiger partial charge in [0.25, 0.3) is 0 Å². The number of ether oxygens (including phenoxy) is 2. The van der Waals surface area contributed by atoms with Gasteiger partial charge in [0.15, 0.2) is 0 Å². The zero-order chi connectivity index (χ0) is 17.1. The van der Waals surface area contributed by atoms with Crippen molar-refractivity contribution in [3.05, 3.63) is 83.4 Å². The molecule has 2 heteroatoms. The normalized spacial score (nSPS) is 13.0. The van der Waals surface area contributed by atoms with E-state index in [-0.39, 0.29) is 0 Å². The van der Waals surface area contributed by atoms with Crippen molar-refractivity contribution in [2.24, 2.45) is 0 Å². The third-order valence-corrected chi connectivity index (χ3v) is 4.59. The van der Waals surface area contributed by atoms with E-state index < -0.39 is 0 Å². The molecule has 1 aliphatic rings. The van der Waals surface area contributed by atoms with E-state index in [1.54, 1.807) is 0 Å². The van der Waals surface area contributed by atoms with E-state index in [4.69, 9.17) is 9.47 Å². The second-order valence-corrected chi connectivity index (χ2v) is 6.55. The summed E-state index contributed by atoms with van der Waals surface area (Å²) in [4.78, 5) is 0. The lowest BCUT2D eigenvalue weighted by Crippen LogP contribution is -2.08. The molecule has 0 aromatic heterocycles. The molecule has 4 rings (SSSR count). The molecule has 0 unspecified atom stereocenters. The summed E-state index contributed by atoms with van der Waals surface area (Å²) >= 11 is 0. The van der Waals surface area contributed by atoms with Crippen LogP contribution in [0.2, 0.25) is 0 Å². The van der Waals surface area contributed by atoms with Crippen molar-refractivity contribution < 1.29 is 9.47 Å². The maximum atomic E-state index is 6.15. The summed E-state index contributed by atoms with van der Waals surface area (Å²) in [5.74, 6) is 1.94. The maximum absolute atomic E-state index is 6.15. The Labute approximate surface area is 149 Å².